The van der Waals surface area contributed by atoms with Crippen LogP contribution in [0.1, 0.15) is 53.4 Å². The average Bonchev–Trinajstić information content (AvgIpc) is 2.08. The second-order valence-electron chi connectivity index (χ2n) is 4.97. The number of aliphatic carboxylic acids is 1. The second-order valence-corrected chi connectivity index (χ2v) is 4.97. The van der Waals surface area contributed by atoms with Crippen LogP contribution in [0.4, 0.5) is 0 Å². The van der Waals surface area contributed by atoms with Crippen molar-refractivity contribution in [3.63, 3.8) is 0 Å². The normalized spacial score (nSPS) is 13.2. The Hall–Kier alpha value is -1.06. The number of ether oxygens (including phenoxy) is 1. The summed E-state index contributed by atoms with van der Waals surface area (Å²) >= 11 is 0. The molecule has 0 aliphatic carbocycles. The number of rotatable bonds is 6. The van der Waals surface area contributed by atoms with Gasteiger partial charge < -0.3 is 9.84 Å². The van der Waals surface area contributed by atoms with Gasteiger partial charge in [-0.15, -0.1) is 0 Å². The Labute approximate surface area is 97.0 Å². The van der Waals surface area contributed by atoms with Crippen LogP contribution in [0.15, 0.2) is 0 Å². The summed E-state index contributed by atoms with van der Waals surface area (Å²) in [5, 5.41) is 8.94. The number of carbonyl (C=O) groups is 2. The van der Waals surface area contributed by atoms with Crippen LogP contribution in [-0.2, 0) is 14.3 Å². The minimum Gasteiger partial charge on any atom is -0.481 e. The summed E-state index contributed by atoms with van der Waals surface area (Å²) in [7, 11) is 0. The highest BCUT2D eigenvalue weighted by Gasteiger charge is 2.24. The highest BCUT2D eigenvalue weighted by atomic mass is 16.6. The Balaban J connectivity index is 4.19. The van der Waals surface area contributed by atoms with Gasteiger partial charge in [0, 0.05) is 0 Å². The molecule has 0 spiro atoms. The van der Waals surface area contributed by atoms with Crippen molar-refractivity contribution >= 4 is 11.9 Å². The summed E-state index contributed by atoms with van der Waals surface area (Å²) in [5.41, 5.74) is -0.551. The maximum atomic E-state index is 11.5. The van der Waals surface area contributed by atoms with E-state index in [0.29, 0.717) is 6.42 Å². The van der Waals surface area contributed by atoms with Gasteiger partial charge >= 0.3 is 11.9 Å². The van der Waals surface area contributed by atoms with Gasteiger partial charge in [0.15, 0.2) is 0 Å². The number of carboxylic acid groups (broad SMARTS) is 1. The molecule has 94 valence electrons. The van der Waals surface area contributed by atoms with Crippen molar-refractivity contribution in [2.24, 2.45) is 5.92 Å². The summed E-state index contributed by atoms with van der Waals surface area (Å²) in [4.78, 5) is 22.3. The van der Waals surface area contributed by atoms with Crippen molar-refractivity contribution in [1.29, 1.82) is 0 Å². The van der Waals surface area contributed by atoms with Crippen molar-refractivity contribution in [2.45, 2.75) is 59.0 Å². The number of carbonyl (C=O) groups excluding carboxylic acids is 1. The van der Waals surface area contributed by atoms with E-state index in [9.17, 15) is 9.59 Å². The lowest BCUT2D eigenvalue weighted by Gasteiger charge is -2.20. The zero-order chi connectivity index (χ0) is 12.8. The molecule has 0 aliphatic heterocycles. The predicted molar refractivity (Wildman–Crippen MR) is 61.1 cm³/mol. The minimum absolute atomic E-state index is 0.0351. The Morgan fingerprint density at radius 2 is 1.88 bits per heavy atom. The van der Waals surface area contributed by atoms with E-state index in [4.69, 9.17) is 9.84 Å². The maximum absolute atomic E-state index is 11.5. The molecule has 0 aliphatic rings. The fourth-order valence-corrected chi connectivity index (χ4v) is 1.35. The van der Waals surface area contributed by atoms with Gasteiger partial charge in [0.1, 0.15) is 5.60 Å². The van der Waals surface area contributed by atoms with Crippen molar-refractivity contribution in [1.82, 2.24) is 0 Å². The van der Waals surface area contributed by atoms with Gasteiger partial charge in [-0.3, -0.25) is 9.59 Å². The highest BCUT2D eigenvalue weighted by Crippen LogP contribution is 2.16. The second kappa shape index (κ2) is 6.51. The Morgan fingerprint density at radius 1 is 1.31 bits per heavy atom. The number of hydrogen-bond donors (Lipinski definition) is 1. The first kappa shape index (κ1) is 14.9. The van der Waals surface area contributed by atoms with E-state index >= 15 is 0 Å². The van der Waals surface area contributed by atoms with E-state index in [1.54, 1.807) is 20.8 Å². The molecular formula is C12H22O4. The molecular weight excluding hydrogens is 208 g/mol. The third-order valence-electron chi connectivity index (χ3n) is 2.09. The zero-order valence-electron chi connectivity index (χ0n) is 10.6. The third kappa shape index (κ3) is 7.26. The molecule has 0 rings (SSSR count). The fourth-order valence-electron chi connectivity index (χ4n) is 1.35. The fraction of sp³-hybridized carbons (Fsp3) is 0.833. The topological polar surface area (TPSA) is 63.6 Å². The maximum Gasteiger partial charge on any atom is 0.307 e. The molecule has 0 heterocycles. The van der Waals surface area contributed by atoms with Gasteiger partial charge in [0.2, 0.25) is 0 Å². The first-order valence-corrected chi connectivity index (χ1v) is 5.71. The lowest BCUT2D eigenvalue weighted by molar-refractivity contribution is -0.160. The highest BCUT2D eigenvalue weighted by molar-refractivity contribution is 5.78. The Morgan fingerprint density at radius 3 is 2.25 bits per heavy atom. The van der Waals surface area contributed by atoms with Gasteiger partial charge in [0.25, 0.3) is 0 Å². The first-order chi connectivity index (χ1) is 7.26. The summed E-state index contributed by atoms with van der Waals surface area (Å²) in [6.45, 7) is 7.30. The molecule has 0 amide bonds. The molecule has 0 aromatic heterocycles. The third-order valence-corrected chi connectivity index (χ3v) is 2.09. The smallest absolute Gasteiger partial charge is 0.307 e. The molecule has 0 unspecified atom stereocenters. The molecule has 0 aromatic carbocycles. The van der Waals surface area contributed by atoms with Crippen molar-refractivity contribution in [3.05, 3.63) is 0 Å². The molecule has 0 saturated heterocycles. The van der Waals surface area contributed by atoms with Crippen LogP contribution in [0, 0.1) is 5.92 Å². The first-order valence-electron chi connectivity index (χ1n) is 5.71. The van der Waals surface area contributed by atoms with Gasteiger partial charge in [-0.1, -0.05) is 19.8 Å². The summed E-state index contributed by atoms with van der Waals surface area (Å²) in [5.74, 6) is -1.97. The van der Waals surface area contributed by atoms with Crippen LogP contribution in [0.3, 0.4) is 0 Å². The Bertz CT molecular complexity index is 240. The van der Waals surface area contributed by atoms with Crippen molar-refractivity contribution < 1.29 is 19.4 Å². The van der Waals surface area contributed by atoms with Crippen LogP contribution < -0.4 is 0 Å². The standard InChI is InChI=1S/C12H22O4/c1-5-6-7-9(11(14)15)8-10(13)16-12(2,3)4/h9H,5-8H2,1-4H3,(H,14,15)/t9-/m1/s1. The quantitative estimate of drug-likeness (QED) is 0.712. The van der Waals surface area contributed by atoms with E-state index in [1.807, 2.05) is 6.92 Å². The van der Waals surface area contributed by atoms with Gasteiger partial charge in [-0.25, -0.2) is 0 Å². The van der Waals surface area contributed by atoms with Gasteiger partial charge in [-0.2, -0.15) is 0 Å². The summed E-state index contributed by atoms with van der Waals surface area (Å²) < 4.78 is 5.10. The van der Waals surface area contributed by atoms with Crippen molar-refractivity contribution in [3.8, 4) is 0 Å². The molecule has 0 saturated carbocycles. The molecule has 4 nitrogen and oxygen atoms in total. The lowest BCUT2D eigenvalue weighted by atomic mass is 9.99. The van der Waals surface area contributed by atoms with E-state index < -0.39 is 23.5 Å². The average molecular weight is 230 g/mol. The Kier molecular flexibility index (Phi) is 6.08. The monoisotopic (exact) mass is 230 g/mol. The van der Waals surface area contributed by atoms with Crippen LogP contribution >= 0.6 is 0 Å². The molecule has 1 N–H and O–H groups in total. The molecule has 16 heavy (non-hydrogen) atoms. The lowest BCUT2D eigenvalue weighted by Crippen LogP contribution is -2.27. The van der Waals surface area contributed by atoms with Crippen LogP contribution in [0.25, 0.3) is 0 Å². The van der Waals surface area contributed by atoms with Crippen LogP contribution in [-0.4, -0.2) is 22.6 Å². The molecule has 0 bridgehead atoms. The van der Waals surface area contributed by atoms with Crippen LogP contribution in [0.2, 0.25) is 0 Å². The van der Waals surface area contributed by atoms with E-state index in [-0.39, 0.29) is 6.42 Å². The minimum atomic E-state index is -0.917. The summed E-state index contributed by atoms with van der Waals surface area (Å²) in [6, 6.07) is 0. The van der Waals surface area contributed by atoms with E-state index in [0.717, 1.165) is 12.8 Å². The largest absolute Gasteiger partial charge is 0.481 e. The molecule has 0 radical (unpaired) electrons. The van der Waals surface area contributed by atoms with Gasteiger partial charge in [0.05, 0.1) is 12.3 Å². The number of hydrogen-bond acceptors (Lipinski definition) is 3. The number of unbranched alkanes of at least 4 members (excludes halogenated alkanes) is 1. The van der Waals surface area contributed by atoms with Crippen LogP contribution in [0.5, 0.6) is 0 Å². The molecule has 1 atom stereocenters. The molecule has 0 aromatic rings. The summed E-state index contributed by atoms with van der Waals surface area (Å²) in [6.07, 6.45) is 2.25. The molecule has 0 fully saturated rings. The number of esters is 1. The van der Waals surface area contributed by atoms with E-state index in [2.05, 4.69) is 0 Å². The number of carboxylic acids is 1. The van der Waals surface area contributed by atoms with Crippen molar-refractivity contribution in [2.75, 3.05) is 0 Å². The van der Waals surface area contributed by atoms with Gasteiger partial charge in [-0.05, 0) is 27.2 Å². The zero-order valence-corrected chi connectivity index (χ0v) is 10.6. The molecule has 4 heteroatoms. The predicted octanol–water partition coefficient (Wildman–Crippen LogP) is 2.61. The SMILES string of the molecule is CCCC[C@H](CC(=O)OC(C)(C)C)C(=O)O. The van der Waals surface area contributed by atoms with E-state index in [1.165, 1.54) is 0 Å².